The van der Waals surface area contributed by atoms with Crippen LogP contribution < -0.4 is 5.56 Å². The van der Waals surface area contributed by atoms with E-state index in [1.165, 1.54) is 0 Å². The van der Waals surface area contributed by atoms with Gasteiger partial charge in [0, 0.05) is 5.02 Å². The maximum atomic E-state index is 11.7. The summed E-state index contributed by atoms with van der Waals surface area (Å²) < 4.78 is 0. The first-order chi connectivity index (χ1) is 7.59. The van der Waals surface area contributed by atoms with E-state index in [-0.39, 0.29) is 5.56 Å². The summed E-state index contributed by atoms with van der Waals surface area (Å²) in [4.78, 5) is 11.7. The van der Waals surface area contributed by atoms with Gasteiger partial charge in [0.05, 0.1) is 11.3 Å². The maximum absolute atomic E-state index is 11.7. The van der Waals surface area contributed by atoms with E-state index in [0.717, 1.165) is 16.8 Å². The lowest BCUT2D eigenvalue weighted by Crippen LogP contribution is -2.14. The summed E-state index contributed by atoms with van der Waals surface area (Å²) in [5.41, 5.74) is 3.05. The smallest absolute Gasteiger partial charge is 0.267 e. The molecule has 0 saturated carbocycles. The van der Waals surface area contributed by atoms with E-state index in [1.807, 2.05) is 26.0 Å². The van der Waals surface area contributed by atoms with E-state index < -0.39 is 0 Å². The highest BCUT2D eigenvalue weighted by atomic mass is 35.5. The molecule has 1 aromatic carbocycles. The maximum Gasteiger partial charge on any atom is 0.272 e. The van der Waals surface area contributed by atoms with Crippen LogP contribution in [-0.2, 0) is 0 Å². The molecule has 0 bridgehead atoms. The van der Waals surface area contributed by atoms with Gasteiger partial charge in [-0.2, -0.15) is 5.10 Å². The van der Waals surface area contributed by atoms with E-state index in [4.69, 9.17) is 11.6 Å². The Kier molecular flexibility index (Phi) is 2.79. The second kappa shape index (κ2) is 4.10. The second-order valence-corrected chi connectivity index (χ2v) is 4.08. The van der Waals surface area contributed by atoms with Crippen LogP contribution >= 0.6 is 11.6 Å². The molecule has 16 heavy (non-hydrogen) atoms. The van der Waals surface area contributed by atoms with Gasteiger partial charge in [0.1, 0.15) is 0 Å². The molecule has 0 aliphatic heterocycles. The predicted octanol–water partition coefficient (Wildman–Crippen LogP) is 2.71. The Morgan fingerprint density at radius 2 is 1.81 bits per heavy atom. The zero-order valence-corrected chi connectivity index (χ0v) is 9.80. The Hall–Kier alpha value is -1.61. The molecule has 0 aliphatic carbocycles. The third-order valence-corrected chi connectivity index (χ3v) is 2.85. The lowest BCUT2D eigenvalue weighted by atomic mass is 10.0. The molecule has 82 valence electrons. The van der Waals surface area contributed by atoms with Gasteiger partial charge in [0.15, 0.2) is 0 Å². The highest BCUT2D eigenvalue weighted by Gasteiger charge is 2.09. The lowest BCUT2D eigenvalue weighted by molar-refractivity contribution is 0.932. The van der Waals surface area contributed by atoms with Crippen LogP contribution in [0.5, 0.6) is 0 Å². The standard InChI is InChI=1S/C12H11ClN2O/c1-7-8(2)14-15-12(16)11(7)9-3-5-10(13)6-4-9/h3-6H,1-2H3,(H,15,16). The van der Waals surface area contributed by atoms with Crippen LogP contribution in [0.4, 0.5) is 0 Å². The van der Waals surface area contributed by atoms with Crippen molar-refractivity contribution in [3.05, 3.63) is 50.9 Å². The average molecular weight is 235 g/mol. The largest absolute Gasteiger partial charge is 0.272 e. The van der Waals surface area contributed by atoms with Crippen molar-refractivity contribution >= 4 is 11.6 Å². The van der Waals surface area contributed by atoms with Crippen LogP contribution in [0.25, 0.3) is 11.1 Å². The van der Waals surface area contributed by atoms with Gasteiger partial charge in [0.2, 0.25) is 0 Å². The third-order valence-electron chi connectivity index (χ3n) is 2.60. The minimum Gasteiger partial charge on any atom is -0.267 e. The molecule has 0 saturated heterocycles. The van der Waals surface area contributed by atoms with Crippen LogP contribution in [0, 0.1) is 13.8 Å². The summed E-state index contributed by atoms with van der Waals surface area (Å²) >= 11 is 5.81. The fraction of sp³-hybridized carbons (Fsp3) is 0.167. The van der Waals surface area contributed by atoms with Gasteiger partial charge < -0.3 is 0 Å². The highest BCUT2D eigenvalue weighted by molar-refractivity contribution is 6.30. The molecule has 0 radical (unpaired) electrons. The summed E-state index contributed by atoms with van der Waals surface area (Å²) in [6.45, 7) is 3.76. The van der Waals surface area contributed by atoms with E-state index >= 15 is 0 Å². The van der Waals surface area contributed by atoms with E-state index in [9.17, 15) is 4.79 Å². The number of nitrogens with zero attached hydrogens (tertiary/aromatic N) is 1. The number of aromatic amines is 1. The van der Waals surface area contributed by atoms with Gasteiger partial charge in [0.25, 0.3) is 5.56 Å². The number of aryl methyl sites for hydroxylation is 1. The summed E-state index contributed by atoms with van der Waals surface area (Å²) in [6.07, 6.45) is 0. The fourth-order valence-electron chi connectivity index (χ4n) is 1.59. The van der Waals surface area contributed by atoms with Crippen molar-refractivity contribution in [2.24, 2.45) is 0 Å². The first-order valence-electron chi connectivity index (χ1n) is 4.91. The van der Waals surface area contributed by atoms with Crippen LogP contribution in [-0.4, -0.2) is 10.2 Å². The number of benzene rings is 1. The van der Waals surface area contributed by atoms with Crippen molar-refractivity contribution in [1.29, 1.82) is 0 Å². The van der Waals surface area contributed by atoms with E-state index in [1.54, 1.807) is 12.1 Å². The van der Waals surface area contributed by atoms with Crippen molar-refractivity contribution in [2.75, 3.05) is 0 Å². The molecular weight excluding hydrogens is 224 g/mol. The fourth-order valence-corrected chi connectivity index (χ4v) is 1.72. The molecule has 2 aromatic rings. The number of H-pyrrole nitrogens is 1. The second-order valence-electron chi connectivity index (χ2n) is 3.65. The molecular formula is C12H11ClN2O. The van der Waals surface area contributed by atoms with Crippen LogP contribution in [0.15, 0.2) is 29.1 Å². The molecule has 0 amide bonds. The molecule has 2 rings (SSSR count). The normalized spacial score (nSPS) is 10.4. The van der Waals surface area contributed by atoms with Crippen molar-refractivity contribution < 1.29 is 0 Å². The minimum atomic E-state index is -0.176. The van der Waals surface area contributed by atoms with Gasteiger partial charge in [-0.15, -0.1) is 0 Å². The van der Waals surface area contributed by atoms with Gasteiger partial charge in [-0.05, 0) is 37.1 Å². The molecule has 1 N–H and O–H groups in total. The average Bonchev–Trinajstić information content (AvgIpc) is 2.27. The van der Waals surface area contributed by atoms with Crippen LogP contribution in [0.1, 0.15) is 11.3 Å². The van der Waals surface area contributed by atoms with Gasteiger partial charge >= 0.3 is 0 Å². The van der Waals surface area contributed by atoms with E-state index in [2.05, 4.69) is 10.2 Å². The molecule has 3 nitrogen and oxygen atoms in total. The number of rotatable bonds is 1. The monoisotopic (exact) mass is 234 g/mol. The molecule has 4 heteroatoms. The molecule has 0 spiro atoms. The highest BCUT2D eigenvalue weighted by Crippen LogP contribution is 2.21. The van der Waals surface area contributed by atoms with Crippen molar-refractivity contribution in [3.63, 3.8) is 0 Å². The van der Waals surface area contributed by atoms with Crippen LogP contribution in [0.2, 0.25) is 5.02 Å². The summed E-state index contributed by atoms with van der Waals surface area (Å²) in [7, 11) is 0. The molecule has 0 aliphatic rings. The van der Waals surface area contributed by atoms with Crippen molar-refractivity contribution in [1.82, 2.24) is 10.2 Å². The molecule has 0 atom stereocenters. The van der Waals surface area contributed by atoms with E-state index in [0.29, 0.717) is 10.6 Å². The number of hydrogen-bond acceptors (Lipinski definition) is 2. The van der Waals surface area contributed by atoms with Crippen LogP contribution in [0.3, 0.4) is 0 Å². The number of nitrogens with one attached hydrogen (secondary N) is 1. The topological polar surface area (TPSA) is 45.8 Å². The number of aromatic nitrogens is 2. The lowest BCUT2D eigenvalue weighted by Gasteiger charge is -2.06. The molecule has 1 heterocycles. The molecule has 0 unspecified atom stereocenters. The Balaban J connectivity index is 2.68. The Bertz CT molecular complexity index is 573. The Morgan fingerprint density at radius 3 is 2.44 bits per heavy atom. The third kappa shape index (κ3) is 1.86. The minimum absolute atomic E-state index is 0.176. The zero-order valence-electron chi connectivity index (χ0n) is 9.04. The first kappa shape index (κ1) is 10.9. The quantitative estimate of drug-likeness (QED) is 0.825. The Morgan fingerprint density at radius 1 is 1.19 bits per heavy atom. The van der Waals surface area contributed by atoms with Crippen molar-refractivity contribution in [3.8, 4) is 11.1 Å². The summed E-state index contributed by atoms with van der Waals surface area (Å²) in [5, 5.41) is 7.06. The van der Waals surface area contributed by atoms with Gasteiger partial charge in [-0.25, -0.2) is 5.10 Å². The summed E-state index contributed by atoms with van der Waals surface area (Å²) in [6, 6.07) is 7.20. The zero-order chi connectivity index (χ0) is 11.7. The number of hydrogen-bond donors (Lipinski definition) is 1. The Labute approximate surface area is 98.1 Å². The van der Waals surface area contributed by atoms with Gasteiger partial charge in [-0.3, -0.25) is 4.79 Å². The molecule has 1 aromatic heterocycles. The van der Waals surface area contributed by atoms with Gasteiger partial charge in [-0.1, -0.05) is 23.7 Å². The number of halogens is 1. The first-order valence-corrected chi connectivity index (χ1v) is 5.29. The van der Waals surface area contributed by atoms with Crippen molar-refractivity contribution in [2.45, 2.75) is 13.8 Å². The summed E-state index contributed by atoms with van der Waals surface area (Å²) in [5.74, 6) is 0. The molecule has 0 fully saturated rings. The predicted molar refractivity (Wildman–Crippen MR) is 64.8 cm³/mol. The SMILES string of the molecule is Cc1n[nH]c(=O)c(-c2ccc(Cl)cc2)c1C.